The van der Waals surface area contributed by atoms with Gasteiger partial charge < -0.3 is 15.4 Å². The third kappa shape index (κ3) is 5.74. The zero-order chi connectivity index (χ0) is 18.2. The zero-order valence-electron chi connectivity index (χ0n) is 15.3. The number of nitrogens with zero attached hydrogens (tertiary/aromatic N) is 2. The second kappa shape index (κ2) is 9.01. The lowest BCUT2D eigenvalue weighted by atomic mass is 10.1. The molecular weight excluding hydrogens is 316 g/mol. The van der Waals surface area contributed by atoms with Crippen LogP contribution in [0.3, 0.4) is 0 Å². The van der Waals surface area contributed by atoms with Gasteiger partial charge in [0.2, 0.25) is 0 Å². The van der Waals surface area contributed by atoms with E-state index in [2.05, 4.69) is 20.6 Å². The van der Waals surface area contributed by atoms with Crippen LogP contribution in [0.4, 0.5) is 5.82 Å². The third-order valence-electron chi connectivity index (χ3n) is 3.94. The molecule has 1 heterocycles. The Hall–Kier alpha value is -2.63. The molecule has 1 aromatic heterocycles. The monoisotopic (exact) mass is 342 g/mol. The Morgan fingerprint density at radius 2 is 1.96 bits per heavy atom. The number of hydrogen-bond donors (Lipinski definition) is 2. The van der Waals surface area contributed by atoms with Gasteiger partial charge in [-0.3, -0.25) is 4.79 Å². The number of hydrogen-bond acceptors (Lipinski definition) is 5. The topological polar surface area (TPSA) is 76.1 Å². The van der Waals surface area contributed by atoms with E-state index in [4.69, 9.17) is 4.74 Å². The van der Waals surface area contributed by atoms with Crippen molar-refractivity contribution in [1.29, 1.82) is 0 Å². The van der Waals surface area contributed by atoms with Crippen molar-refractivity contribution in [3.05, 3.63) is 47.4 Å². The third-order valence-corrected chi connectivity index (χ3v) is 3.94. The molecule has 0 spiro atoms. The zero-order valence-corrected chi connectivity index (χ0v) is 15.3. The van der Waals surface area contributed by atoms with E-state index in [0.717, 1.165) is 25.1 Å². The van der Waals surface area contributed by atoms with Crippen LogP contribution in [-0.4, -0.2) is 35.6 Å². The first-order valence-corrected chi connectivity index (χ1v) is 8.55. The van der Waals surface area contributed by atoms with Gasteiger partial charge in [-0.15, -0.1) is 0 Å². The molecule has 0 fully saturated rings. The Kier molecular flexibility index (Phi) is 6.74. The van der Waals surface area contributed by atoms with Crippen LogP contribution in [0, 0.1) is 6.92 Å². The summed E-state index contributed by atoms with van der Waals surface area (Å²) in [6, 6.07) is 9.78. The minimum Gasteiger partial charge on any atom is -0.497 e. The Morgan fingerprint density at radius 1 is 1.24 bits per heavy atom. The number of aromatic nitrogens is 2. The SMILES string of the molecule is CCC(C)NC(=O)c1cc(NCCc2ccc(OC)cc2)nc(C)n1. The van der Waals surface area contributed by atoms with Crippen molar-refractivity contribution in [3.8, 4) is 5.75 Å². The second-order valence-corrected chi connectivity index (χ2v) is 5.99. The summed E-state index contributed by atoms with van der Waals surface area (Å²) in [4.78, 5) is 20.8. The van der Waals surface area contributed by atoms with Gasteiger partial charge in [-0.2, -0.15) is 0 Å². The molecular formula is C19H26N4O2. The molecule has 1 unspecified atom stereocenters. The maximum Gasteiger partial charge on any atom is 0.270 e. The molecule has 2 aromatic rings. The molecule has 6 heteroatoms. The molecule has 1 atom stereocenters. The summed E-state index contributed by atoms with van der Waals surface area (Å²) >= 11 is 0. The van der Waals surface area contributed by atoms with Gasteiger partial charge in [0.15, 0.2) is 0 Å². The van der Waals surface area contributed by atoms with E-state index < -0.39 is 0 Å². The fraction of sp³-hybridized carbons (Fsp3) is 0.421. The Morgan fingerprint density at radius 3 is 2.60 bits per heavy atom. The minimum atomic E-state index is -0.168. The largest absolute Gasteiger partial charge is 0.497 e. The van der Waals surface area contributed by atoms with Gasteiger partial charge in [0.1, 0.15) is 23.1 Å². The van der Waals surface area contributed by atoms with Gasteiger partial charge in [0, 0.05) is 18.7 Å². The molecule has 1 amide bonds. The first-order valence-electron chi connectivity index (χ1n) is 8.55. The molecule has 0 aliphatic heterocycles. The molecule has 25 heavy (non-hydrogen) atoms. The molecule has 0 saturated carbocycles. The highest BCUT2D eigenvalue weighted by Gasteiger charge is 2.12. The van der Waals surface area contributed by atoms with Crippen LogP contribution < -0.4 is 15.4 Å². The van der Waals surface area contributed by atoms with Crippen molar-refractivity contribution in [3.63, 3.8) is 0 Å². The van der Waals surface area contributed by atoms with Crippen LogP contribution in [0.25, 0.3) is 0 Å². The fourth-order valence-corrected chi connectivity index (χ4v) is 2.30. The van der Waals surface area contributed by atoms with E-state index >= 15 is 0 Å². The predicted octanol–water partition coefficient (Wildman–Crippen LogP) is 2.98. The molecule has 2 rings (SSSR count). The lowest BCUT2D eigenvalue weighted by Crippen LogP contribution is -2.32. The van der Waals surface area contributed by atoms with Crippen molar-refractivity contribution in [1.82, 2.24) is 15.3 Å². The number of carbonyl (C=O) groups excluding carboxylic acids is 1. The minimum absolute atomic E-state index is 0.120. The van der Waals surface area contributed by atoms with Crippen molar-refractivity contribution in [2.75, 3.05) is 19.0 Å². The molecule has 0 saturated heterocycles. The first-order chi connectivity index (χ1) is 12.0. The van der Waals surface area contributed by atoms with Crippen LogP contribution in [0.5, 0.6) is 5.75 Å². The lowest BCUT2D eigenvalue weighted by Gasteiger charge is -2.12. The van der Waals surface area contributed by atoms with Gasteiger partial charge in [-0.25, -0.2) is 9.97 Å². The van der Waals surface area contributed by atoms with E-state index in [1.54, 1.807) is 20.1 Å². The van der Waals surface area contributed by atoms with Crippen LogP contribution in [0.15, 0.2) is 30.3 Å². The van der Waals surface area contributed by atoms with Crippen LogP contribution in [0.2, 0.25) is 0 Å². The van der Waals surface area contributed by atoms with Gasteiger partial charge in [-0.05, 0) is 44.4 Å². The number of ether oxygens (including phenoxy) is 1. The summed E-state index contributed by atoms with van der Waals surface area (Å²) < 4.78 is 5.16. The summed E-state index contributed by atoms with van der Waals surface area (Å²) in [7, 11) is 1.66. The number of nitrogens with one attached hydrogen (secondary N) is 2. The maximum absolute atomic E-state index is 12.2. The number of carbonyl (C=O) groups is 1. The van der Waals surface area contributed by atoms with Crippen LogP contribution in [-0.2, 0) is 6.42 Å². The van der Waals surface area contributed by atoms with Crippen molar-refractivity contribution >= 4 is 11.7 Å². The first kappa shape index (κ1) is 18.7. The highest BCUT2D eigenvalue weighted by molar-refractivity contribution is 5.93. The summed E-state index contributed by atoms with van der Waals surface area (Å²) in [6.45, 7) is 6.51. The summed E-state index contributed by atoms with van der Waals surface area (Å²) in [5, 5.41) is 6.19. The normalized spacial score (nSPS) is 11.7. The van der Waals surface area contributed by atoms with Crippen molar-refractivity contribution < 1.29 is 9.53 Å². The number of methoxy groups -OCH3 is 1. The molecule has 0 bridgehead atoms. The van der Waals surface area contributed by atoms with Gasteiger partial charge >= 0.3 is 0 Å². The van der Waals surface area contributed by atoms with E-state index in [-0.39, 0.29) is 11.9 Å². The molecule has 0 radical (unpaired) electrons. The number of rotatable bonds is 8. The molecule has 2 N–H and O–H groups in total. The second-order valence-electron chi connectivity index (χ2n) is 5.99. The molecule has 1 aromatic carbocycles. The maximum atomic E-state index is 12.2. The van der Waals surface area contributed by atoms with Gasteiger partial charge in [-0.1, -0.05) is 19.1 Å². The van der Waals surface area contributed by atoms with E-state index in [1.807, 2.05) is 38.1 Å². The van der Waals surface area contributed by atoms with Crippen LogP contribution >= 0.6 is 0 Å². The Bertz CT molecular complexity index is 701. The highest BCUT2D eigenvalue weighted by Crippen LogP contribution is 2.12. The smallest absolute Gasteiger partial charge is 0.270 e. The molecule has 0 aliphatic carbocycles. The molecule has 0 aliphatic rings. The predicted molar refractivity (Wildman–Crippen MR) is 99.2 cm³/mol. The lowest BCUT2D eigenvalue weighted by molar-refractivity contribution is 0.0934. The summed E-state index contributed by atoms with van der Waals surface area (Å²) in [5.74, 6) is 1.91. The number of benzene rings is 1. The highest BCUT2D eigenvalue weighted by atomic mass is 16.5. The Labute approximate surface area is 149 Å². The summed E-state index contributed by atoms with van der Waals surface area (Å²) in [5.41, 5.74) is 1.59. The molecule has 134 valence electrons. The van der Waals surface area contributed by atoms with Gasteiger partial charge in [0.05, 0.1) is 7.11 Å². The van der Waals surface area contributed by atoms with Crippen molar-refractivity contribution in [2.24, 2.45) is 0 Å². The average molecular weight is 342 g/mol. The number of aryl methyl sites for hydroxylation is 1. The van der Waals surface area contributed by atoms with Crippen molar-refractivity contribution in [2.45, 2.75) is 39.7 Å². The van der Waals surface area contributed by atoms with Gasteiger partial charge in [0.25, 0.3) is 5.91 Å². The van der Waals surface area contributed by atoms with Crippen LogP contribution in [0.1, 0.15) is 42.1 Å². The average Bonchev–Trinajstić information content (AvgIpc) is 2.61. The fourth-order valence-electron chi connectivity index (χ4n) is 2.30. The Balaban J connectivity index is 1.96. The standard InChI is InChI=1S/C19H26N4O2/c1-5-13(2)21-19(24)17-12-18(23-14(3)22-17)20-11-10-15-6-8-16(25-4)9-7-15/h6-9,12-13H,5,10-11H2,1-4H3,(H,21,24)(H,20,22,23). The van der Waals surface area contributed by atoms with E-state index in [1.165, 1.54) is 5.56 Å². The number of anilines is 1. The quantitative estimate of drug-likeness (QED) is 0.771. The van der Waals surface area contributed by atoms with E-state index in [0.29, 0.717) is 17.3 Å². The summed E-state index contributed by atoms with van der Waals surface area (Å²) in [6.07, 6.45) is 1.73. The number of amides is 1. The molecule has 6 nitrogen and oxygen atoms in total. The van der Waals surface area contributed by atoms with E-state index in [9.17, 15) is 4.79 Å².